The summed E-state index contributed by atoms with van der Waals surface area (Å²) in [5.41, 5.74) is -0.0684. The lowest BCUT2D eigenvalue weighted by Crippen LogP contribution is -2.59. The van der Waals surface area contributed by atoms with Gasteiger partial charge in [0.2, 0.25) is 11.8 Å². The van der Waals surface area contributed by atoms with Crippen LogP contribution in [-0.2, 0) is 14.3 Å². The highest BCUT2D eigenvalue weighted by Crippen LogP contribution is 2.35. The molecule has 1 aromatic carbocycles. The van der Waals surface area contributed by atoms with Gasteiger partial charge in [0, 0.05) is 17.1 Å². The Morgan fingerprint density at radius 1 is 1.09 bits per heavy atom. The van der Waals surface area contributed by atoms with Crippen LogP contribution < -0.4 is 10.6 Å². The van der Waals surface area contributed by atoms with Crippen molar-refractivity contribution in [2.45, 2.75) is 104 Å². The van der Waals surface area contributed by atoms with Crippen LogP contribution in [0.5, 0.6) is 0 Å². The lowest BCUT2D eigenvalue weighted by atomic mass is 9.86. The van der Waals surface area contributed by atoms with Crippen LogP contribution in [0.2, 0.25) is 0 Å². The quantitative estimate of drug-likeness (QED) is 0.557. The van der Waals surface area contributed by atoms with Gasteiger partial charge in [0.05, 0.1) is 0 Å². The zero-order valence-electron chi connectivity index (χ0n) is 22.4. The number of benzene rings is 1. The maximum absolute atomic E-state index is 14.1. The van der Waals surface area contributed by atoms with Gasteiger partial charge in [-0.05, 0) is 78.4 Å². The number of hydrogen-bond donors (Lipinski definition) is 2. The van der Waals surface area contributed by atoms with Crippen molar-refractivity contribution in [1.82, 2.24) is 15.5 Å². The van der Waals surface area contributed by atoms with Crippen molar-refractivity contribution in [2.75, 3.05) is 0 Å². The van der Waals surface area contributed by atoms with E-state index in [9.17, 15) is 14.4 Å². The number of nitrogens with zero attached hydrogens (tertiary/aromatic N) is 1. The first kappa shape index (κ1) is 28.2. The summed E-state index contributed by atoms with van der Waals surface area (Å²) in [5, 5.41) is 5.79. The van der Waals surface area contributed by atoms with Gasteiger partial charge in [0.1, 0.15) is 17.7 Å². The highest BCUT2D eigenvalue weighted by Gasteiger charge is 2.43. The summed E-state index contributed by atoms with van der Waals surface area (Å²) < 4.78 is 5.42. The largest absolute Gasteiger partial charge is 0.444 e. The summed E-state index contributed by atoms with van der Waals surface area (Å²) in [6.45, 7) is 14.7. The topological polar surface area (TPSA) is 87.7 Å². The van der Waals surface area contributed by atoms with Gasteiger partial charge in [-0.15, -0.1) is 6.42 Å². The fourth-order valence-electron chi connectivity index (χ4n) is 4.01. The van der Waals surface area contributed by atoms with Gasteiger partial charge < -0.3 is 20.3 Å². The minimum Gasteiger partial charge on any atom is -0.444 e. The maximum atomic E-state index is 14.1. The van der Waals surface area contributed by atoms with E-state index in [1.165, 1.54) is 0 Å². The predicted molar refractivity (Wildman–Crippen MR) is 137 cm³/mol. The van der Waals surface area contributed by atoms with Gasteiger partial charge in [-0.2, -0.15) is 0 Å². The molecule has 1 aromatic rings. The number of hydrogen-bond acceptors (Lipinski definition) is 4. The molecule has 0 aliphatic heterocycles. The number of alkyl carbamates (subject to hydrolysis) is 1. The highest BCUT2D eigenvalue weighted by atomic mass is 16.6. The molecule has 192 valence electrons. The minimum absolute atomic E-state index is 0.134. The van der Waals surface area contributed by atoms with E-state index >= 15 is 0 Å². The van der Waals surface area contributed by atoms with Crippen molar-refractivity contribution in [2.24, 2.45) is 5.92 Å². The molecular weight excluding hydrogens is 442 g/mol. The number of carbonyl (C=O) groups excluding carboxylic acids is 3. The first-order chi connectivity index (χ1) is 16.1. The van der Waals surface area contributed by atoms with Crippen molar-refractivity contribution in [3.63, 3.8) is 0 Å². The number of ether oxygens (including phenoxy) is 1. The first-order valence-electron chi connectivity index (χ1n) is 12.3. The van der Waals surface area contributed by atoms with Gasteiger partial charge in [0.15, 0.2) is 0 Å². The Hall–Kier alpha value is -3.01. The van der Waals surface area contributed by atoms with Crippen molar-refractivity contribution in [3.05, 3.63) is 35.4 Å². The zero-order valence-corrected chi connectivity index (χ0v) is 22.4. The van der Waals surface area contributed by atoms with Gasteiger partial charge in [-0.3, -0.25) is 9.59 Å². The molecule has 7 nitrogen and oxygen atoms in total. The summed E-state index contributed by atoms with van der Waals surface area (Å²) in [7, 11) is 0. The number of rotatable bonds is 7. The molecule has 0 aromatic heterocycles. The van der Waals surface area contributed by atoms with Crippen LogP contribution >= 0.6 is 0 Å². The van der Waals surface area contributed by atoms with Crippen molar-refractivity contribution < 1.29 is 19.1 Å². The van der Waals surface area contributed by atoms with Gasteiger partial charge in [0.25, 0.3) is 0 Å². The second-order valence-electron chi connectivity index (χ2n) is 11.6. The maximum Gasteiger partial charge on any atom is 0.408 e. The lowest BCUT2D eigenvalue weighted by molar-refractivity contribution is -0.148. The molecule has 0 spiro atoms. The Morgan fingerprint density at radius 3 is 2.14 bits per heavy atom. The Labute approximate surface area is 210 Å². The molecule has 1 saturated carbocycles. The van der Waals surface area contributed by atoms with E-state index in [-0.39, 0.29) is 23.8 Å². The molecule has 1 aliphatic rings. The smallest absolute Gasteiger partial charge is 0.408 e. The Kier molecular flexibility index (Phi) is 9.00. The van der Waals surface area contributed by atoms with E-state index < -0.39 is 29.3 Å². The summed E-state index contributed by atoms with van der Waals surface area (Å²) in [6, 6.07) is 5.27. The third kappa shape index (κ3) is 7.74. The molecule has 0 saturated heterocycles. The van der Waals surface area contributed by atoms with Crippen LogP contribution in [0.1, 0.15) is 91.8 Å². The average molecular weight is 484 g/mol. The van der Waals surface area contributed by atoms with E-state index in [2.05, 4.69) is 16.6 Å². The normalized spacial score (nSPS) is 15.9. The number of carbonyl (C=O) groups is 3. The van der Waals surface area contributed by atoms with Crippen molar-refractivity contribution in [1.29, 1.82) is 0 Å². The number of nitrogens with one attached hydrogen (secondary N) is 2. The molecule has 0 heterocycles. The van der Waals surface area contributed by atoms with E-state index in [0.717, 1.165) is 19.3 Å². The number of terminal acetylenes is 1. The molecular formula is C28H41N3O4. The van der Waals surface area contributed by atoms with Gasteiger partial charge >= 0.3 is 6.09 Å². The Balaban J connectivity index is 2.56. The lowest BCUT2D eigenvalue weighted by Gasteiger charge is -2.44. The SMILES string of the molecule is C#Cc1ccccc1C(C(=O)NC(C)(C)C)N(C(=O)C(NC(=O)OC(C)(C)C)C(C)C)C1CCC1. The third-order valence-corrected chi connectivity index (χ3v) is 5.76. The van der Waals surface area contributed by atoms with E-state index in [1.807, 2.05) is 46.8 Å². The monoisotopic (exact) mass is 483 g/mol. The van der Waals surface area contributed by atoms with Crippen LogP contribution in [0.15, 0.2) is 24.3 Å². The molecule has 2 rings (SSSR count). The van der Waals surface area contributed by atoms with Crippen molar-refractivity contribution >= 4 is 17.9 Å². The summed E-state index contributed by atoms with van der Waals surface area (Å²) in [6.07, 6.45) is 7.64. The second kappa shape index (κ2) is 11.2. The molecule has 1 aliphatic carbocycles. The van der Waals surface area contributed by atoms with E-state index in [1.54, 1.807) is 37.8 Å². The molecule has 2 atom stereocenters. The molecule has 2 N–H and O–H groups in total. The molecule has 35 heavy (non-hydrogen) atoms. The fraction of sp³-hybridized carbons (Fsp3) is 0.607. The molecule has 2 unspecified atom stereocenters. The second-order valence-corrected chi connectivity index (χ2v) is 11.6. The van der Waals surface area contributed by atoms with Crippen LogP contribution in [0.25, 0.3) is 0 Å². The van der Waals surface area contributed by atoms with Crippen LogP contribution in [0, 0.1) is 18.3 Å². The number of amides is 3. The van der Waals surface area contributed by atoms with E-state index in [4.69, 9.17) is 11.2 Å². The van der Waals surface area contributed by atoms with E-state index in [0.29, 0.717) is 11.1 Å². The Bertz CT molecular complexity index is 962. The van der Waals surface area contributed by atoms with Gasteiger partial charge in [-0.1, -0.05) is 38.0 Å². The minimum atomic E-state index is -0.930. The van der Waals surface area contributed by atoms with Crippen LogP contribution in [-0.4, -0.2) is 46.0 Å². The molecule has 0 bridgehead atoms. The zero-order chi connectivity index (χ0) is 26.6. The van der Waals surface area contributed by atoms with Crippen LogP contribution in [0.3, 0.4) is 0 Å². The predicted octanol–water partition coefficient (Wildman–Crippen LogP) is 4.55. The summed E-state index contributed by atoms with van der Waals surface area (Å²) in [5.74, 6) is 1.81. The fourth-order valence-corrected chi connectivity index (χ4v) is 4.01. The molecule has 0 radical (unpaired) electrons. The van der Waals surface area contributed by atoms with Gasteiger partial charge in [-0.25, -0.2) is 4.79 Å². The third-order valence-electron chi connectivity index (χ3n) is 5.76. The highest BCUT2D eigenvalue weighted by molar-refractivity contribution is 5.93. The summed E-state index contributed by atoms with van der Waals surface area (Å²) in [4.78, 5) is 42.1. The van der Waals surface area contributed by atoms with Crippen molar-refractivity contribution in [3.8, 4) is 12.3 Å². The average Bonchev–Trinajstić information content (AvgIpc) is 2.67. The first-order valence-corrected chi connectivity index (χ1v) is 12.3. The molecule has 1 fully saturated rings. The van der Waals surface area contributed by atoms with Crippen LogP contribution in [0.4, 0.5) is 4.79 Å². The molecule has 3 amide bonds. The summed E-state index contributed by atoms with van der Waals surface area (Å²) >= 11 is 0. The molecule has 7 heteroatoms. The Morgan fingerprint density at radius 2 is 1.69 bits per heavy atom. The standard InChI is InChI=1S/C28H41N3O4/c1-10-19-14-11-12-17-21(19)23(24(32)30-27(4,5)6)31(20-15-13-16-20)25(33)22(18(2)3)29-26(34)35-28(7,8)9/h1,11-12,14,17-18,20,22-23H,13,15-16H2,2-9H3,(H,29,34)(H,30,32).